The fourth-order valence-corrected chi connectivity index (χ4v) is 6.86. The molecule has 0 radical (unpaired) electrons. The SMILES string of the molecule is O=C(Nc1cncc(-c2cnc3[nH]nc(-c4nc5c(-c6cc(F)cc(OCCN7CCCC7)c6)nccc5[nH]4)c3c2)c1)C1CCCCC1. The maximum atomic E-state index is 14.8. The Morgan fingerprint density at radius 2 is 1.79 bits per heavy atom. The molecule has 8 rings (SSSR count). The van der Waals surface area contributed by atoms with Crippen molar-refractivity contribution in [3.05, 3.63) is 67.0 Å². The van der Waals surface area contributed by atoms with Crippen molar-refractivity contribution in [1.29, 1.82) is 0 Å². The van der Waals surface area contributed by atoms with Gasteiger partial charge in [-0.15, -0.1) is 0 Å². The van der Waals surface area contributed by atoms with Crippen LogP contribution in [0.4, 0.5) is 10.1 Å². The fourth-order valence-electron chi connectivity index (χ4n) is 6.86. The van der Waals surface area contributed by atoms with E-state index in [0.717, 1.165) is 67.3 Å². The van der Waals surface area contributed by atoms with Gasteiger partial charge in [-0.2, -0.15) is 5.10 Å². The van der Waals surface area contributed by atoms with E-state index in [1.54, 1.807) is 24.8 Å². The van der Waals surface area contributed by atoms with Gasteiger partial charge in [0.2, 0.25) is 5.91 Å². The monoisotopic (exact) mass is 645 g/mol. The minimum absolute atomic E-state index is 0.0503. The molecule has 1 aromatic carbocycles. The zero-order valence-electron chi connectivity index (χ0n) is 26.5. The van der Waals surface area contributed by atoms with E-state index >= 15 is 0 Å². The van der Waals surface area contributed by atoms with E-state index in [9.17, 15) is 9.18 Å². The number of hydrogen-bond acceptors (Lipinski definition) is 8. The summed E-state index contributed by atoms with van der Waals surface area (Å²) < 4.78 is 20.8. The Kier molecular flexibility index (Phi) is 8.23. The van der Waals surface area contributed by atoms with Crippen LogP contribution in [0.1, 0.15) is 44.9 Å². The summed E-state index contributed by atoms with van der Waals surface area (Å²) in [7, 11) is 0. The zero-order valence-corrected chi connectivity index (χ0v) is 26.5. The van der Waals surface area contributed by atoms with Gasteiger partial charge in [-0.05, 0) is 69.1 Å². The third-order valence-corrected chi connectivity index (χ3v) is 9.38. The van der Waals surface area contributed by atoms with Crippen LogP contribution >= 0.6 is 0 Å². The third kappa shape index (κ3) is 6.23. The van der Waals surface area contributed by atoms with Crippen molar-refractivity contribution in [2.45, 2.75) is 44.9 Å². The van der Waals surface area contributed by atoms with E-state index in [2.05, 4.69) is 40.3 Å². The second-order valence-electron chi connectivity index (χ2n) is 12.7. The van der Waals surface area contributed by atoms with Gasteiger partial charge in [0.05, 0.1) is 28.5 Å². The van der Waals surface area contributed by atoms with Crippen LogP contribution in [0.3, 0.4) is 0 Å². The first-order chi connectivity index (χ1) is 23.6. The summed E-state index contributed by atoms with van der Waals surface area (Å²) in [6, 6.07) is 10.4. The van der Waals surface area contributed by atoms with Gasteiger partial charge in [0.1, 0.15) is 29.4 Å². The summed E-state index contributed by atoms with van der Waals surface area (Å²) in [5, 5.41) is 11.4. The minimum atomic E-state index is -0.401. The van der Waals surface area contributed by atoms with Gasteiger partial charge in [-0.25, -0.2) is 14.4 Å². The van der Waals surface area contributed by atoms with Crippen molar-refractivity contribution in [2.24, 2.45) is 5.92 Å². The average Bonchev–Trinajstić information content (AvgIpc) is 3.88. The number of nitrogens with zero attached hydrogens (tertiary/aromatic N) is 6. The number of ether oxygens (including phenoxy) is 1. The molecule has 48 heavy (non-hydrogen) atoms. The molecule has 11 nitrogen and oxygen atoms in total. The average molecular weight is 646 g/mol. The second kappa shape index (κ2) is 13.1. The number of rotatable bonds is 9. The molecule has 1 saturated heterocycles. The number of aromatic amines is 2. The Bertz CT molecular complexity index is 2100. The zero-order chi connectivity index (χ0) is 32.5. The molecular weight excluding hydrogens is 609 g/mol. The van der Waals surface area contributed by atoms with Gasteiger partial charge in [0.25, 0.3) is 0 Å². The molecule has 6 aromatic rings. The van der Waals surface area contributed by atoms with E-state index in [-0.39, 0.29) is 11.8 Å². The number of H-pyrrole nitrogens is 2. The fraction of sp³-hybridized carbons (Fsp3) is 0.333. The number of anilines is 1. The van der Waals surface area contributed by atoms with Gasteiger partial charge < -0.3 is 15.0 Å². The first-order valence-corrected chi connectivity index (χ1v) is 16.7. The normalized spacial score (nSPS) is 15.8. The number of likely N-dealkylation sites (tertiary alicyclic amines) is 1. The van der Waals surface area contributed by atoms with Gasteiger partial charge in [0, 0.05) is 53.8 Å². The molecule has 0 unspecified atom stereocenters. The predicted octanol–water partition coefficient (Wildman–Crippen LogP) is 6.76. The largest absolute Gasteiger partial charge is 0.492 e. The topological polar surface area (TPSA) is 138 Å². The number of carbonyl (C=O) groups is 1. The Labute approximate surface area is 276 Å². The number of hydrogen-bond donors (Lipinski definition) is 3. The molecule has 6 heterocycles. The number of pyridine rings is 3. The van der Waals surface area contributed by atoms with Crippen LogP contribution < -0.4 is 10.1 Å². The lowest BCUT2D eigenvalue weighted by molar-refractivity contribution is -0.120. The maximum Gasteiger partial charge on any atom is 0.227 e. The van der Waals surface area contributed by atoms with E-state index < -0.39 is 5.82 Å². The van der Waals surface area contributed by atoms with Crippen LogP contribution in [0, 0.1) is 11.7 Å². The lowest BCUT2D eigenvalue weighted by atomic mass is 9.88. The van der Waals surface area contributed by atoms with Crippen LogP contribution in [0.5, 0.6) is 5.75 Å². The number of aromatic nitrogens is 7. The van der Waals surface area contributed by atoms with Crippen molar-refractivity contribution >= 4 is 33.7 Å². The molecule has 0 atom stereocenters. The molecule has 3 N–H and O–H groups in total. The van der Waals surface area contributed by atoms with E-state index in [4.69, 9.17) is 9.72 Å². The Balaban J connectivity index is 1.07. The summed E-state index contributed by atoms with van der Waals surface area (Å²) in [4.78, 5) is 37.1. The maximum absolute atomic E-state index is 14.8. The summed E-state index contributed by atoms with van der Waals surface area (Å²) in [5.74, 6) is 0.687. The van der Waals surface area contributed by atoms with Gasteiger partial charge in [-0.1, -0.05) is 19.3 Å². The van der Waals surface area contributed by atoms with E-state index in [0.29, 0.717) is 52.0 Å². The second-order valence-corrected chi connectivity index (χ2v) is 12.7. The van der Waals surface area contributed by atoms with Crippen molar-refractivity contribution < 1.29 is 13.9 Å². The molecular formula is C36H36FN9O2. The van der Waals surface area contributed by atoms with Crippen LogP contribution in [-0.4, -0.2) is 72.2 Å². The highest BCUT2D eigenvalue weighted by Crippen LogP contribution is 2.33. The van der Waals surface area contributed by atoms with E-state index in [1.165, 1.54) is 31.4 Å². The minimum Gasteiger partial charge on any atom is -0.492 e. The number of imidazole rings is 1. The highest BCUT2D eigenvalue weighted by Gasteiger charge is 2.22. The van der Waals surface area contributed by atoms with Crippen molar-refractivity contribution in [2.75, 3.05) is 31.6 Å². The Hall–Kier alpha value is -5.23. The Morgan fingerprint density at radius 3 is 2.67 bits per heavy atom. The summed E-state index contributed by atoms with van der Waals surface area (Å²) in [6.45, 7) is 3.47. The lowest BCUT2D eigenvalue weighted by Gasteiger charge is -2.20. The molecule has 1 aliphatic carbocycles. The summed E-state index contributed by atoms with van der Waals surface area (Å²) in [5.41, 5.74) is 5.92. The van der Waals surface area contributed by atoms with Crippen molar-refractivity contribution in [3.63, 3.8) is 0 Å². The highest BCUT2D eigenvalue weighted by atomic mass is 19.1. The molecule has 2 aliphatic rings. The number of benzene rings is 1. The lowest BCUT2D eigenvalue weighted by Crippen LogP contribution is -2.25. The van der Waals surface area contributed by atoms with Gasteiger partial charge >= 0.3 is 0 Å². The smallest absolute Gasteiger partial charge is 0.227 e. The number of carbonyl (C=O) groups excluding carboxylic acids is 1. The number of fused-ring (bicyclic) bond motifs is 2. The van der Waals surface area contributed by atoms with Crippen molar-refractivity contribution in [1.82, 2.24) is 40.0 Å². The molecule has 1 saturated carbocycles. The molecule has 1 aliphatic heterocycles. The molecule has 1 amide bonds. The molecule has 0 spiro atoms. The summed E-state index contributed by atoms with van der Waals surface area (Å²) >= 11 is 0. The third-order valence-electron chi connectivity index (χ3n) is 9.38. The summed E-state index contributed by atoms with van der Waals surface area (Å²) in [6.07, 6.45) is 14.5. The van der Waals surface area contributed by atoms with Crippen LogP contribution in [0.25, 0.3) is 56.0 Å². The molecule has 244 valence electrons. The van der Waals surface area contributed by atoms with E-state index in [1.807, 2.05) is 24.3 Å². The first-order valence-electron chi connectivity index (χ1n) is 16.7. The standard InChI is InChI=1S/C36H36FN9O2/c37-26-14-23(16-28(18-26)48-13-12-46-10-4-5-11-46)31-33-30(8-9-39-31)42-35(43-33)32-29-17-25(20-40-34(29)45-44-32)24-15-27(21-38-19-24)41-36(47)22-6-2-1-3-7-22/h8-9,14-22H,1-7,10-13H2,(H,41,47)(H,42,43)(H,40,44,45). The molecule has 12 heteroatoms. The number of nitrogens with one attached hydrogen (secondary N) is 3. The molecule has 0 bridgehead atoms. The molecule has 5 aromatic heterocycles. The van der Waals surface area contributed by atoms with Gasteiger partial charge in [-0.3, -0.25) is 24.8 Å². The quantitative estimate of drug-likeness (QED) is 0.157. The highest BCUT2D eigenvalue weighted by molar-refractivity contribution is 5.97. The number of amides is 1. The molecule has 2 fully saturated rings. The van der Waals surface area contributed by atoms with Crippen molar-refractivity contribution in [3.8, 4) is 39.7 Å². The van der Waals surface area contributed by atoms with Gasteiger partial charge in [0.15, 0.2) is 11.5 Å². The Morgan fingerprint density at radius 1 is 0.938 bits per heavy atom. The van der Waals surface area contributed by atoms with Crippen LogP contribution in [-0.2, 0) is 4.79 Å². The predicted molar refractivity (Wildman–Crippen MR) is 182 cm³/mol. The van der Waals surface area contributed by atoms with Crippen LogP contribution in [0.2, 0.25) is 0 Å². The first kappa shape index (κ1) is 30.1. The number of halogens is 1. The van der Waals surface area contributed by atoms with Crippen LogP contribution in [0.15, 0.2) is 61.2 Å².